The van der Waals surface area contributed by atoms with Crippen LogP contribution >= 0.6 is 0 Å². The first-order valence-corrected chi connectivity index (χ1v) is 7.37. The van der Waals surface area contributed by atoms with Crippen molar-refractivity contribution in [2.75, 3.05) is 18.4 Å². The number of rotatable bonds is 7. The van der Waals surface area contributed by atoms with Crippen molar-refractivity contribution in [1.29, 1.82) is 0 Å². The van der Waals surface area contributed by atoms with Gasteiger partial charge in [-0.3, -0.25) is 9.59 Å². The molecule has 0 saturated heterocycles. The number of amides is 2. The Kier molecular flexibility index (Phi) is 5.93. The third-order valence-corrected chi connectivity index (χ3v) is 3.25. The highest BCUT2D eigenvalue weighted by Gasteiger charge is 2.39. The highest BCUT2D eigenvalue weighted by Crippen LogP contribution is 2.22. The summed E-state index contributed by atoms with van der Waals surface area (Å²) in [5.41, 5.74) is -1.14. The Morgan fingerprint density at radius 1 is 1.29 bits per heavy atom. The number of nitrogens with one attached hydrogen (secondary N) is 1. The Balaban J connectivity index is 2.81. The van der Waals surface area contributed by atoms with Gasteiger partial charge in [0.15, 0.2) is 5.82 Å². The van der Waals surface area contributed by atoms with E-state index in [4.69, 9.17) is 4.52 Å². The van der Waals surface area contributed by atoms with Crippen molar-refractivity contribution in [1.82, 2.24) is 10.1 Å². The molecule has 1 heterocycles. The van der Waals surface area contributed by atoms with Gasteiger partial charge in [-0.2, -0.15) is 0 Å². The monoisotopic (exact) mass is 295 g/mol. The molecule has 0 aromatic carbocycles. The fourth-order valence-electron chi connectivity index (χ4n) is 2.05. The molecule has 2 amide bonds. The van der Waals surface area contributed by atoms with Crippen LogP contribution in [0.4, 0.5) is 5.82 Å². The zero-order chi connectivity index (χ0) is 16.0. The Labute approximate surface area is 125 Å². The van der Waals surface area contributed by atoms with E-state index in [-0.39, 0.29) is 11.8 Å². The minimum Gasteiger partial charge on any atom is -0.360 e. The maximum absolute atomic E-state index is 12.6. The van der Waals surface area contributed by atoms with Crippen LogP contribution < -0.4 is 5.32 Å². The molecule has 0 aliphatic heterocycles. The molecule has 0 aliphatic carbocycles. The number of aryl methyl sites for hydroxylation is 1. The predicted octanol–water partition coefficient (Wildman–Crippen LogP) is 2.60. The van der Waals surface area contributed by atoms with Crippen molar-refractivity contribution in [3.63, 3.8) is 0 Å². The van der Waals surface area contributed by atoms with Crippen LogP contribution in [0, 0.1) is 12.3 Å². The minimum atomic E-state index is -1.14. The van der Waals surface area contributed by atoms with E-state index >= 15 is 0 Å². The Bertz CT molecular complexity index is 488. The molecule has 0 bridgehead atoms. The van der Waals surface area contributed by atoms with Gasteiger partial charge in [0.1, 0.15) is 11.2 Å². The minimum absolute atomic E-state index is 0.163. The zero-order valence-corrected chi connectivity index (χ0v) is 13.5. The summed E-state index contributed by atoms with van der Waals surface area (Å²) in [5, 5.41) is 6.35. The number of anilines is 1. The van der Waals surface area contributed by atoms with Gasteiger partial charge < -0.3 is 14.7 Å². The molecule has 0 radical (unpaired) electrons. The second-order valence-corrected chi connectivity index (χ2v) is 5.69. The van der Waals surface area contributed by atoms with Gasteiger partial charge >= 0.3 is 0 Å². The third kappa shape index (κ3) is 4.31. The fourth-order valence-corrected chi connectivity index (χ4v) is 2.05. The Hall–Kier alpha value is -1.85. The third-order valence-electron chi connectivity index (χ3n) is 3.25. The van der Waals surface area contributed by atoms with E-state index in [0.29, 0.717) is 24.7 Å². The molecule has 0 unspecified atom stereocenters. The van der Waals surface area contributed by atoms with Crippen LogP contribution in [0.5, 0.6) is 0 Å². The highest BCUT2D eigenvalue weighted by molar-refractivity contribution is 6.09. The molecular formula is C15H25N3O3. The number of carbonyl (C=O) groups excluding carboxylic acids is 2. The summed E-state index contributed by atoms with van der Waals surface area (Å²) in [5.74, 6) is 0.394. The molecular weight excluding hydrogens is 270 g/mol. The second-order valence-electron chi connectivity index (χ2n) is 5.69. The lowest BCUT2D eigenvalue weighted by Gasteiger charge is -2.30. The predicted molar refractivity (Wildman–Crippen MR) is 80.8 cm³/mol. The summed E-state index contributed by atoms with van der Waals surface area (Å²) >= 11 is 0. The molecule has 0 atom stereocenters. The van der Waals surface area contributed by atoms with Crippen molar-refractivity contribution in [2.24, 2.45) is 5.41 Å². The van der Waals surface area contributed by atoms with Gasteiger partial charge in [0.05, 0.1) is 0 Å². The highest BCUT2D eigenvalue weighted by atomic mass is 16.5. The van der Waals surface area contributed by atoms with Crippen LogP contribution in [0.2, 0.25) is 0 Å². The zero-order valence-electron chi connectivity index (χ0n) is 13.5. The molecule has 0 spiro atoms. The summed E-state index contributed by atoms with van der Waals surface area (Å²) < 4.78 is 4.90. The molecule has 1 N–H and O–H groups in total. The van der Waals surface area contributed by atoms with E-state index in [1.165, 1.54) is 0 Å². The Morgan fingerprint density at radius 3 is 2.29 bits per heavy atom. The van der Waals surface area contributed by atoms with Crippen molar-refractivity contribution in [3.05, 3.63) is 11.8 Å². The molecule has 21 heavy (non-hydrogen) atoms. The molecule has 1 aromatic rings. The second kappa shape index (κ2) is 7.24. The van der Waals surface area contributed by atoms with Crippen molar-refractivity contribution in [3.8, 4) is 0 Å². The average molecular weight is 295 g/mol. The number of hydrogen-bond donors (Lipinski definition) is 1. The van der Waals surface area contributed by atoms with Crippen LogP contribution in [0.25, 0.3) is 0 Å². The summed E-state index contributed by atoms with van der Waals surface area (Å²) in [6, 6.07) is 1.62. The van der Waals surface area contributed by atoms with Crippen molar-refractivity contribution >= 4 is 17.6 Å². The van der Waals surface area contributed by atoms with Gasteiger partial charge in [0, 0.05) is 19.2 Å². The van der Waals surface area contributed by atoms with E-state index in [1.807, 2.05) is 13.8 Å². The smallest absolute Gasteiger partial charge is 0.240 e. The van der Waals surface area contributed by atoms with Crippen LogP contribution in [0.15, 0.2) is 10.6 Å². The molecule has 0 aliphatic rings. The van der Waals surface area contributed by atoms with Crippen molar-refractivity contribution < 1.29 is 14.1 Å². The first kappa shape index (κ1) is 17.2. The number of carbonyl (C=O) groups is 2. The van der Waals surface area contributed by atoms with Gasteiger partial charge in [0.25, 0.3) is 0 Å². The Morgan fingerprint density at radius 2 is 1.86 bits per heavy atom. The summed E-state index contributed by atoms with van der Waals surface area (Å²) in [7, 11) is 0. The number of aromatic nitrogens is 1. The molecule has 1 aromatic heterocycles. The summed E-state index contributed by atoms with van der Waals surface area (Å²) in [4.78, 5) is 26.7. The first-order chi connectivity index (χ1) is 9.82. The largest absolute Gasteiger partial charge is 0.360 e. The standard InChI is InChI=1S/C15H25N3O3/c1-6-8-18(9-7-2)14(20)15(4,5)13(19)16-12-10-11(3)21-17-12/h10H,6-9H2,1-5H3,(H,16,17,19). The SMILES string of the molecule is CCCN(CCC)C(=O)C(C)(C)C(=O)Nc1cc(C)on1. The molecule has 0 saturated carbocycles. The lowest BCUT2D eigenvalue weighted by molar-refractivity contribution is -0.146. The molecule has 6 nitrogen and oxygen atoms in total. The van der Waals surface area contributed by atoms with E-state index < -0.39 is 5.41 Å². The topological polar surface area (TPSA) is 75.4 Å². The van der Waals surface area contributed by atoms with Crippen LogP contribution in [-0.4, -0.2) is 35.0 Å². The molecule has 6 heteroatoms. The lowest BCUT2D eigenvalue weighted by Crippen LogP contribution is -2.47. The maximum Gasteiger partial charge on any atom is 0.240 e. The number of hydrogen-bond acceptors (Lipinski definition) is 4. The van der Waals surface area contributed by atoms with Gasteiger partial charge in [-0.1, -0.05) is 19.0 Å². The van der Waals surface area contributed by atoms with Gasteiger partial charge in [-0.15, -0.1) is 0 Å². The quantitative estimate of drug-likeness (QED) is 0.784. The lowest BCUT2D eigenvalue weighted by atomic mass is 9.90. The average Bonchev–Trinajstić information content (AvgIpc) is 2.83. The van der Waals surface area contributed by atoms with E-state index in [2.05, 4.69) is 10.5 Å². The van der Waals surface area contributed by atoms with Gasteiger partial charge in [-0.05, 0) is 33.6 Å². The number of nitrogens with zero attached hydrogens (tertiary/aromatic N) is 2. The molecule has 1 rings (SSSR count). The van der Waals surface area contributed by atoms with Gasteiger partial charge in [-0.25, -0.2) is 0 Å². The van der Waals surface area contributed by atoms with Crippen LogP contribution in [-0.2, 0) is 9.59 Å². The molecule has 118 valence electrons. The summed E-state index contributed by atoms with van der Waals surface area (Å²) in [6.45, 7) is 10.4. The first-order valence-electron chi connectivity index (χ1n) is 7.37. The molecule has 0 fully saturated rings. The maximum atomic E-state index is 12.6. The fraction of sp³-hybridized carbons (Fsp3) is 0.667. The van der Waals surface area contributed by atoms with Crippen LogP contribution in [0.1, 0.15) is 46.3 Å². The van der Waals surface area contributed by atoms with E-state index in [0.717, 1.165) is 12.8 Å². The van der Waals surface area contributed by atoms with E-state index in [1.54, 1.807) is 31.7 Å². The summed E-state index contributed by atoms with van der Waals surface area (Å²) in [6.07, 6.45) is 1.73. The van der Waals surface area contributed by atoms with Gasteiger partial charge in [0.2, 0.25) is 11.8 Å². The normalized spacial score (nSPS) is 11.3. The van der Waals surface area contributed by atoms with Crippen LogP contribution in [0.3, 0.4) is 0 Å². The van der Waals surface area contributed by atoms with Crippen molar-refractivity contribution in [2.45, 2.75) is 47.5 Å². The van der Waals surface area contributed by atoms with E-state index in [9.17, 15) is 9.59 Å².